The molecule has 2 atom stereocenters. The predicted octanol–water partition coefficient (Wildman–Crippen LogP) is 3.45. The Bertz CT molecular complexity index is 342. The highest BCUT2D eigenvalue weighted by molar-refractivity contribution is 5.10. The van der Waals surface area contributed by atoms with Gasteiger partial charge >= 0.3 is 0 Å². The topological polar surface area (TPSA) is 34.4 Å². The van der Waals surface area contributed by atoms with Crippen LogP contribution in [0, 0.1) is 0 Å². The van der Waals surface area contributed by atoms with Gasteiger partial charge in [-0.2, -0.15) is 0 Å². The standard InChI is InChI=1S/C15H25NO2/c1-3-12-8-10-15(18-12)14(16-4-2)9-7-13-6-5-11-17-13/h8,10,13-14,16H,3-7,9,11H2,1-2H3. The molecule has 0 amide bonds. The van der Waals surface area contributed by atoms with Crippen molar-refractivity contribution >= 4 is 0 Å². The summed E-state index contributed by atoms with van der Waals surface area (Å²) in [5.41, 5.74) is 0. The quantitative estimate of drug-likeness (QED) is 0.806. The average molecular weight is 251 g/mol. The lowest BCUT2D eigenvalue weighted by Gasteiger charge is -2.17. The van der Waals surface area contributed by atoms with Crippen molar-refractivity contribution in [1.29, 1.82) is 0 Å². The van der Waals surface area contributed by atoms with Gasteiger partial charge in [-0.1, -0.05) is 13.8 Å². The normalized spacial score (nSPS) is 21.3. The Morgan fingerprint density at radius 2 is 2.28 bits per heavy atom. The van der Waals surface area contributed by atoms with Crippen LogP contribution < -0.4 is 5.32 Å². The Morgan fingerprint density at radius 1 is 1.39 bits per heavy atom. The van der Waals surface area contributed by atoms with Gasteiger partial charge in [0.15, 0.2) is 0 Å². The van der Waals surface area contributed by atoms with E-state index in [1.807, 2.05) is 0 Å². The number of nitrogens with one attached hydrogen (secondary N) is 1. The molecule has 1 aliphatic rings. The van der Waals surface area contributed by atoms with E-state index in [0.717, 1.165) is 43.9 Å². The second-order valence-corrected chi connectivity index (χ2v) is 4.98. The first-order valence-electron chi connectivity index (χ1n) is 7.27. The van der Waals surface area contributed by atoms with Crippen LogP contribution in [0.4, 0.5) is 0 Å². The smallest absolute Gasteiger partial charge is 0.121 e. The van der Waals surface area contributed by atoms with Gasteiger partial charge in [-0.3, -0.25) is 0 Å². The second-order valence-electron chi connectivity index (χ2n) is 4.98. The van der Waals surface area contributed by atoms with Crippen LogP contribution in [0.5, 0.6) is 0 Å². The van der Waals surface area contributed by atoms with E-state index < -0.39 is 0 Å². The minimum atomic E-state index is 0.333. The first-order chi connectivity index (χ1) is 8.83. The molecule has 1 aromatic rings. The first kappa shape index (κ1) is 13.6. The lowest BCUT2D eigenvalue weighted by Crippen LogP contribution is -2.22. The van der Waals surface area contributed by atoms with E-state index in [9.17, 15) is 0 Å². The molecule has 2 unspecified atom stereocenters. The van der Waals surface area contributed by atoms with Crippen molar-refractivity contribution in [3.05, 3.63) is 23.7 Å². The molecule has 0 aliphatic carbocycles. The molecule has 0 bridgehead atoms. The highest BCUT2D eigenvalue weighted by Crippen LogP contribution is 2.25. The molecule has 0 saturated carbocycles. The van der Waals surface area contributed by atoms with Gasteiger partial charge < -0.3 is 14.5 Å². The minimum absolute atomic E-state index is 0.333. The number of aryl methyl sites for hydroxylation is 1. The molecule has 0 spiro atoms. The van der Waals surface area contributed by atoms with Crippen LogP contribution in [-0.2, 0) is 11.2 Å². The van der Waals surface area contributed by atoms with Crippen LogP contribution in [0.3, 0.4) is 0 Å². The largest absolute Gasteiger partial charge is 0.464 e. The molecule has 2 heterocycles. The Labute approximate surface area is 110 Å². The van der Waals surface area contributed by atoms with Gasteiger partial charge in [-0.25, -0.2) is 0 Å². The van der Waals surface area contributed by atoms with Crippen LogP contribution >= 0.6 is 0 Å². The maximum atomic E-state index is 5.86. The van der Waals surface area contributed by atoms with E-state index in [2.05, 4.69) is 31.3 Å². The van der Waals surface area contributed by atoms with Crippen LogP contribution in [0.1, 0.15) is 57.1 Å². The summed E-state index contributed by atoms with van der Waals surface area (Å²) in [7, 11) is 0. The molecule has 1 aliphatic heterocycles. The van der Waals surface area contributed by atoms with Gasteiger partial charge in [-0.15, -0.1) is 0 Å². The number of hydrogen-bond donors (Lipinski definition) is 1. The van der Waals surface area contributed by atoms with Crippen molar-refractivity contribution in [1.82, 2.24) is 5.32 Å². The fraction of sp³-hybridized carbons (Fsp3) is 0.733. The first-order valence-corrected chi connectivity index (χ1v) is 7.27. The zero-order valence-electron chi connectivity index (χ0n) is 11.6. The number of ether oxygens (including phenoxy) is 1. The van der Waals surface area contributed by atoms with Crippen molar-refractivity contribution in [3.8, 4) is 0 Å². The highest BCUT2D eigenvalue weighted by Gasteiger charge is 2.20. The molecule has 1 saturated heterocycles. The molecule has 3 heteroatoms. The zero-order valence-corrected chi connectivity index (χ0v) is 11.6. The third kappa shape index (κ3) is 3.59. The minimum Gasteiger partial charge on any atom is -0.464 e. The maximum Gasteiger partial charge on any atom is 0.121 e. The summed E-state index contributed by atoms with van der Waals surface area (Å²) in [6, 6.07) is 4.53. The Balaban J connectivity index is 1.89. The van der Waals surface area contributed by atoms with E-state index >= 15 is 0 Å². The van der Waals surface area contributed by atoms with E-state index in [-0.39, 0.29) is 0 Å². The molecular formula is C15H25NO2. The van der Waals surface area contributed by atoms with E-state index in [1.165, 1.54) is 12.8 Å². The van der Waals surface area contributed by atoms with Gasteiger partial charge in [0, 0.05) is 13.0 Å². The highest BCUT2D eigenvalue weighted by atomic mass is 16.5. The molecule has 3 nitrogen and oxygen atoms in total. The van der Waals surface area contributed by atoms with Gasteiger partial charge in [0.25, 0.3) is 0 Å². The molecule has 1 N–H and O–H groups in total. The summed E-state index contributed by atoms with van der Waals surface area (Å²) in [5, 5.41) is 3.51. The van der Waals surface area contributed by atoms with Crippen molar-refractivity contribution in [2.24, 2.45) is 0 Å². The van der Waals surface area contributed by atoms with Crippen molar-refractivity contribution in [2.75, 3.05) is 13.2 Å². The maximum absolute atomic E-state index is 5.86. The van der Waals surface area contributed by atoms with E-state index in [4.69, 9.17) is 9.15 Å². The molecule has 1 aromatic heterocycles. The van der Waals surface area contributed by atoms with Crippen molar-refractivity contribution in [2.45, 2.75) is 58.1 Å². The number of furan rings is 1. The second kappa shape index (κ2) is 6.95. The average Bonchev–Trinajstić information content (AvgIpc) is 3.05. The molecule has 0 radical (unpaired) electrons. The molecule has 102 valence electrons. The zero-order chi connectivity index (χ0) is 12.8. The monoisotopic (exact) mass is 251 g/mol. The van der Waals surface area contributed by atoms with Gasteiger partial charge in [-0.05, 0) is 44.4 Å². The molecular weight excluding hydrogens is 226 g/mol. The van der Waals surface area contributed by atoms with Gasteiger partial charge in [0.1, 0.15) is 11.5 Å². The Morgan fingerprint density at radius 3 is 2.89 bits per heavy atom. The molecule has 0 aromatic carbocycles. The summed E-state index contributed by atoms with van der Waals surface area (Å²) in [6.45, 7) is 6.18. The number of hydrogen-bond acceptors (Lipinski definition) is 3. The Kier molecular flexibility index (Phi) is 5.26. The Hall–Kier alpha value is -0.800. The van der Waals surface area contributed by atoms with Crippen LogP contribution in [0.25, 0.3) is 0 Å². The van der Waals surface area contributed by atoms with E-state index in [0.29, 0.717) is 12.1 Å². The third-order valence-electron chi connectivity index (χ3n) is 3.63. The van der Waals surface area contributed by atoms with Gasteiger partial charge in [0.2, 0.25) is 0 Å². The predicted molar refractivity (Wildman–Crippen MR) is 72.7 cm³/mol. The summed E-state index contributed by atoms with van der Waals surface area (Å²) >= 11 is 0. The fourth-order valence-corrected chi connectivity index (χ4v) is 2.59. The fourth-order valence-electron chi connectivity index (χ4n) is 2.59. The summed E-state index contributed by atoms with van der Waals surface area (Å²) in [4.78, 5) is 0. The van der Waals surface area contributed by atoms with Crippen LogP contribution in [-0.4, -0.2) is 19.3 Å². The SMILES string of the molecule is CCNC(CCC1CCCO1)c1ccc(CC)o1. The molecule has 1 fully saturated rings. The molecule has 18 heavy (non-hydrogen) atoms. The van der Waals surface area contributed by atoms with Crippen LogP contribution in [0.15, 0.2) is 16.5 Å². The van der Waals surface area contributed by atoms with Crippen LogP contribution in [0.2, 0.25) is 0 Å². The molecule has 2 rings (SSSR count). The summed E-state index contributed by atoms with van der Waals surface area (Å²) in [5.74, 6) is 2.15. The summed E-state index contributed by atoms with van der Waals surface area (Å²) < 4.78 is 11.5. The van der Waals surface area contributed by atoms with Gasteiger partial charge in [0.05, 0.1) is 12.1 Å². The summed E-state index contributed by atoms with van der Waals surface area (Å²) in [6.07, 6.45) is 6.08. The van der Waals surface area contributed by atoms with Crippen molar-refractivity contribution < 1.29 is 9.15 Å². The van der Waals surface area contributed by atoms with E-state index in [1.54, 1.807) is 0 Å². The lowest BCUT2D eigenvalue weighted by atomic mass is 10.0. The third-order valence-corrected chi connectivity index (χ3v) is 3.63. The lowest BCUT2D eigenvalue weighted by molar-refractivity contribution is 0.0988. The van der Waals surface area contributed by atoms with Crippen molar-refractivity contribution in [3.63, 3.8) is 0 Å². The number of rotatable bonds is 7.